The molecule has 1 aliphatic carbocycles. The molecule has 0 saturated heterocycles. The second kappa shape index (κ2) is 3.76. The monoisotopic (exact) mass is 213 g/mol. The Morgan fingerprint density at radius 3 is 2.69 bits per heavy atom. The number of H-pyrrole nitrogens is 1. The van der Waals surface area contributed by atoms with E-state index in [2.05, 4.69) is 45.6 Å². The lowest BCUT2D eigenvalue weighted by atomic mass is 10.1. The average Bonchev–Trinajstić information content (AvgIpc) is 2.96. The fourth-order valence-corrected chi connectivity index (χ4v) is 2.10. The van der Waals surface area contributed by atoms with Gasteiger partial charge in [-0.2, -0.15) is 0 Å². The van der Waals surface area contributed by atoms with Crippen LogP contribution in [0, 0.1) is 0 Å². The van der Waals surface area contributed by atoms with Crippen LogP contribution in [-0.4, -0.2) is 9.97 Å². The van der Waals surface area contributed by atoms with Crippen molar-refractivity contribution in [3.63, 3.8) is 0 Å². The molecule has 1 aliphatic rings. The molecular formula is C13H15N3. The summed E-state index contributed by atoms with van der Waals surface area (Å²) in [6.07, 6.45) is 6.05. The van der Waals surface area contributed by atoms with Crippen molar-refractivity contribution in [3.05, 3.63) is 54.1 Å². The Labute approximate surface area is 94.9 Å². The van der Waals surface area contributed by atoms with Crippen LogP contribution in [0.3, 0.4) is 0 Å². The lowest BCUT2D eigenvalue weighted by Crippen LogP contribution is -2.28. The molecule has 16 heavy (non-hydrogen) atoms. The fraction of sp³-hybridized carbons (Fsp3) is 0.308. The molecule has 0 amide bonds. The smallest absolute Gasteiger partial charge is 0.0922 e. The molecule has 2 aromatic rings. The first kappa shape index (κ1) is 9.60. The minimum absolute atomic E-state index is 0.215. The molecule has 0 bridgehead atoms. The number of hydrogen-bond acceptors (Lipinski definition) is 2. The molecular weight excluding hydrogens is 198 g/mol. The van der Waals surface area contributed by atoms with Gasteiger partial charge in [0.25, 0.3) is 0 Å². The average molecular weight is 213 g/mol. The van der Waals surface area contributed by atoms with E-state index in [1.165, 1.54) is 18.4 Å². The Balaban J connectivity index is 1.71. The van der Waals surface area contributed by atoms with Crippen LogP contribution in [0.25, 0.3) is 0 Å². The second-order valence-corrected chi connectivity index (χ2v) is 4.38. The van der Waals surface area contributed by atoms with Crippen LogP contribution < -0.4 is 5.32 Å². The molecule has 3 rings (SSSR count). The van der Waals surface area contributed by atoms with Gasteiger partial charge in [0, 0.05) is 24.0 Å². The van der Waals surface area contributed by atoms with Crippen molar-refractivity contribution in [2.45, 2.75) is 24.9 Å². The van der Waals surface area contributed by atoms with Crippen LogP contribution >= 0.6 is 0 Å². The molecule has 0 spiro atoms. The van der Waals surface area contributed by atoms with Crippen LogP contribution in [0.1, 0.15) is 24.1 Å². The molecule has 0 unspecified atom stereocenters. The minimum atomic E-state index is 0.215. The Bertz CT molecular complexity index is 443. The van der Waals surface area contributed by atoms with Gasteiger partial charge in [-0.05, 0) is 18.4 Å². The first-order valence-electron chi connectivity index (χ1n) is 5.67. The van der Waals surface area contributed by atoms with Gasteiger partial charge in [0.2, 0.25) is 0 Å². The number of aromatic nitrogens is 2. The summed E-state index contributed by atoms with van der Waals surface area (Å²) < 4.78 is 0. The maximum Gasteiger partial charge on any atom is 0.0922 e. The number of aromatic amines is 1. The first-order valence-corrected chi connectivity index (χ1v) is 5.67. The third-order valence-corrected chi connectivity index (χ3v) is 3.25. The number of nitrogens with zero attached hydrogens (tertiary/aromatic N) is 1. The highest BCUT2D eigenvalue weighted by Crippen LogP contribution is 2.45. The topological polar surface area (TPSA) is 40.7 Å². The maximum absolute atomic E-state index is 4.02. The van der Waals surface area contributed by atoms with E-state index >= 15 is 0 Å². The second-order valence-electron chi connectivity index (χ2n) is 4.38. The largest absolute Gasteiger partial charge is 0.347 e. The predicted octanol–water partition coefficient (Wildman–Crippen LogP) is 2.19. The van der Waals surface area contributed by atoms with Crippen LogP contribution in [0.4, 0.5) is 0 Å². The van der Waals surface area contributed by atoms with E-state index in [9.17, 15) is 0 Å². The zero-order valence-electron chi connectivity index (χ0n) is 9.11. The Morgan fingerprint density at radius 2 is 2.06 bits per heavy atom. The van der Waals surface area contributed by atoms with Crippen molar-refractivity contribution in [1.82, 2.24) is 15.3 Å². The van der Waals surface area contributed by atoms with E-state index in [-0.39, 0.29) is 5.54 Å². The van der Waals surface area contributed by atoms with Crippen molar-refractivity contribution >= 4 is 0 Å². The predicted molar refractivity (Wildman–Crippen MR) is 62.8 cm³/mol. The molecule has 82 valence electrons. The molecule has 0 radical (unpaired) electrons. The molecule has 0 aliphatic heterocycles. The van der Waals surface area contributed by atoms with Crippen molar-refractivity contribution in [2.75, 3.05) is 0 Å². The summed E-state index contributed by atoms with van der Waals surface area (Å²) in [4.78, 5) is 7.14. The van der Waals surface area contributed by atoms with Crippen LogP contribution in [0.2, 0.25) is 0 Å². The third kappa shape index (κ3) is 1.74. The number of hydrogen-bond donors (Lipinski definition) is 2. The van der Waals surface area contributed by atoms with E-state index in [1.807, 2.05) is 6.20 Å². The van der Waals surface area contributed by atoms with Crippen molar-refractivity contribution in [2.24, 2.45) is 0 Å². The molecule has 1 fully saturated rings. The highest BCUT2D eigenvalue weighted by molar-refractivity contribution is 5.29. The molecule has 1 saturated carbocycles. The fourth-order valence-electron chi connectivity index (χ4n) is 2.10. The van der Waals surface area contributed by atoms with Crippen molar-refractivity contribution < 1.29 is 0 Å². The summed E-state index contributed by atoms with van der Waals surface area (Å²) in [6.45, 7) is 0.856. The van der Waals surface area contributed by atoms with Crippen LogP contribution in [-0.2, 0) is 12.1 Å². The van der Waals surface area contributed by atoms with E-state index in [0.29, 0.717) is 0 Å². The number of benzene rings is 1. The molecule has 0 atom stereocenters. The van der Waals surface area contributed by atoms with E-state index < -0.39 is 0 Å². The summed E-state index contributed by atoms with van der Waals surface area (Å²) in [5, 5.41) is 3.62. The number of rotatable bonds is 4. The maximum atomic E-state index is 4.02. The molecule has 2 N–H and O–H groups in total. The third-order valence-electron chi connectivity index (χ3n) is 3.25. The number of imidazole rings is 1. The SMILES string of the molecule is c1ccc(C2(NCc3cnc[nH]3)CC2)cc1. The Hall–Kier alpha value is -1.61. The summed E-state index contributed by atoms with van der Waals surface area (Å²) in [5.74, 6) is 0. The van der Waals surface area contributed by atoms with Crippen LogP contribution in [0.5, 0.6) is 0 Å². The van der Waals surface area contributed by atoms with Gasteiger partial charge in [-0.1, -0.05) is 30.3 Å². The molecule has 3 nitrogen and oxygen atoms in total. The van der Waals surface area contributed by atoms with E-state index in [4.69, 9.17) is 0 Å². The van der Waals surface area contributed by atoms with Gasteiger partial charge in [0.15, 0.2) is 0 Å². The molecule has 1 aromatic heterocycles. The molecule has 3 heteroatoms. The van der Waals surface area contributed by atoms with Crippen molar-refractivity contribution in [3.8, 4) is 0 Å². The summed E-state index contributed by atoms with van der Waals surface area (Å²) in [6, 6.07) is 10.7. The van der Waals surface area contributed by atoms with E-state index in [1.54, 1.807) is 6.33 Å². The normalized spacial score (nSPS) is 17.2. The zero-order valence-corrected chi connectivity index (χ0v) is 9.11. The molecule has 1 heterocycles. The molecule has 1 aromatic carbocycles. The Kier molecular flexibility index (Phi) is 2.26. The zero-order chi connectivity index (χ0) is 10.8. The Morgan fingerprint density at radius 1 is 1.25 bits per heavy atom. The quantitative estimate of drug-likeness (QED) is 0.817. The van der Waals surface area contributed by atoms with Gasteiger partial charge in [0.05, 0.1) is 6.33 Å². The highest BCUT2D eigenvalue weighted by Gasteiger charge is 2.43. The van der Waals surface area contributed by atoms with Gasteiger partial charge in [-0.3, -0.25) is 0 Å². The standard InChI is InChI=1S/C13H15N3/c1-2-4-11(5-3-1)13(6-7-13)16-9-12-8-14-10-15-12/h1-5,8,10,16H,6-7,9H2,(H,14,15). The van der Waals surface area contributed by atoms with E-state index in [0.717, 1.165) is 12.2 Å². The lowest BCUT2D eigenvalue weighted by Gasteiger charge is -2.17. The summed E-state index contributed by atoms with van der Waals surface area (Å²) in [7, 11) is 0. The minimum Gasteiger partial charge on any atom is -0.347 e. The van der Waals surface area contributed by atoms with Gasteiger partial charge in [0.1, 0.15) is 0 Å². The number of nitrogens with one attached hydrogen (secondary N) is 2. The van der Waals surface area contributed by atoms with Gasteiger partial charge in [-0.25, -0.2) is 4.98 Å². The lowest BCUT2D eigenvalue weighted by molar-refractivity contribution is 0.514. The van der Waals surface area contributed by atoms with Gasteiger partial charge >= 0.3 is 0 Å². The van der Waals surface area contributed by atoms with Crippen LogP contribution in [0.15, 0.2) is 42.9 Å². The summed E-state index contributed by atoms with van der Waals surface area (Å²) >= 11 is 0. The summed E-state index contributed by atoms with van der Waals surface area (Å²) in [5.41, 5.74) is 2.75. The first-order chi connectivity index (χ1) is 7.89. The van der Waals surface area contributed by atoms with Crippen molar-refractivity contribution in [1.29, 1.82) is 0 Å². The highest BCUT2D eigenvalue weighted by atomic mass is 15.0. The van der Waals surface area contributed by atoms with Gasteiger partial charge in [-0.15, -0.1) is 0 Å². The van der Waals surface area contributed by atoms with Gasteiger partial charge < -0.3 is 10.3 Å².